The first kappa shape index (κ1) is 36.3. The second kappa shape index (κ2) is 15.6. The second-order valence-electron chi connectivity index (χ2n) is 9.79. The van der Waals surface area contributed by atoms with Gasteiger partial charge in [-0.3, -0.25) is 0 Å². The van der Waals surface area contributed by atoms with Crippen LogP contribution in [0.5, 0.6) is 0 Å². The number of amides is 2. The topological polar surface area (TPSA) is 88.5 Å². The molecule has 186 valence electrons. The van der Waals surface area contributed by atoms with E-state index in [1.54, 1.807) is 23.8 Å². The average Bonchev–Trinajstić information content (AvgIpc) is 3.22. The molecule has 2 aliphatic heterocycles. The van der Waals surface area contributed by atoms with Gasteiger partial charge in [-0.2, -0.15) is 0 Å². The van der Waals surface area contributed by atoms with E-state index in [0.717, 1.165) is 19.4 Å². The van der Waals surface area contributed by atoms with Gasteiger partial charge in [-0.25, -0.2) is 9.59 Å². The molecule has 0 aromatic carbocycles. The number of hydrogen-bond donors (Lipinski definition) is 1. The van der Waals surface area contributed by atoms with Crippen LogP contribution in [-0.4, -0.2) is 107 Å². The predicted molar refractivity (Wildman–Crippen MR) is 123 cm³/mol. The molecule has 0 aliphatic carbocycles. The van der Waals surface area contributed by atoms with Crippen LogP contribution in [0.4, 0.5) is 9.59 Å². The number of aliphatic hydroxyl groups excluding tert-OH is 1. The van der Waals surface area contributed by atoms with Gasteiger partial charge < -0.3 is 53.5 Å². The average molecular weight is 536 g/mol. The standard InChI is InChI=1S/C11H21NO3.C10H19NO3.CH3.BrH.Mg/c1-8(13)9-5-6-12(7-9)10(14)15-11(2,3)4;1-10(2,3)14-9(12)11-6-5-8(7-11)13-4;;;/h8-9,13H,5-7H2,1-4H3;8H,5-7H2,1-4H3;1H3;1H;/q;;-1;;+2/p-1. The van der Waals surface area contributed by atoms with Crippen molar-refractivity contribution in [3.8, 4) is 0 Å². The van der Waals surface area contributed by atoms with Gasteiger partial charge in [0.05, 0.1) is 18.8 Å². The van der Waals surface area contributed by atoms with Gasteiger partial charge in [0.1, 0.15) is 11.2 Å². The molecule has 3 atom stereocenters. The zero-order valence-corrected chi connectivity index (χ0v) is 24.4. The zero-order chi connectivity index (χ0) is 22.4. The quantitative estimate of drug-likeness (QED) is 0.405. The smallest absolute Gasteiger partial charge is 1.00 e. The van der Waals surface area contributed by atoms with Crippen LogP contribution in [0.1, 0.15) is 61.3 Å². The summed E-state index contributed by atoms with van der Waals surface area (Å²) in [4.78, 5) is 26.6. The minimum Gasteiger partial charge on any atom is -1.00 e. The summed E-state index contributed by atoms with van der Waals surface area (Å²) in [5.74, 6) is 0.192. The van der Waals surface area contributed by atoms with Crippen molar-refractivity contribution in [3.63, 3.8) is 0 Å². The van der Waals surface area contributed by atoms with E-state index < -0.39 is 11.2 Å². The summed E-state index contributed by atoms with van der Waals surface area (Å²) >= 11 is 0. The number of likely N-dealkylation sites (tertiary alicyclic amines) is 2. The van der Waals surface area contributed by atoms with Crippen molar-refractivity contribution in [1.82, 2.24) is 9.80 Å². The summed E-state index contributed by atoms with van der Waals surface area (Å²) in [6, 6.07) is 0. The molecular formula is C22H43BrMgN2O6. The molecule has 1 N–H and O–H groups in total. The Morgan fingerprint density at radius 2 is 1.31 bits per heavy atom. The molecule has 3 unspecified atom stereocenters. The molecule has 0 aromatic rings. The molecule has 2 aliphatic rings. The largest absolute Gasteiger partial charge is 2.00 e. The summed E-state index contributed by atoms with van der Waals surface area (Å²) in [5.41, 5.74) is -0.859. The van der Waals surface area contributed by atoms with Crippen molar-refractivity contribution >= 4 is 35.2 Å². The molecule has 0 bridgehead atoms. The molecule has 2 heterocycles. The number of carbonyl (C=O) groups is 2. The Morgan fingerprint density at radius 3 is 1.62 bits per heavy atom. The molecule has 2 amide bonds. The number of ether oxygens (including phenoxy) is 3. The summed E-state index contributed by atoms with van der Waals surface area (Å²) in [7, 11) is 1.67. The summed E-state index contributed by atoms with van der Waals surface area (Å²) in [6.07, 6.45) is 1.06. The maximum Gasteiger partial charge on any atom is 2.00 e. The molecular weight excluding hydrogens is 492 g/mol. The number of aliphatic hydroxyl groups is 1. The molecule has 10 heteroatoms. The van der Waals surface area contributed by atoms with Crippen molar-refractivity contribution in [1.29, 1.82) is 0 Å². The fourth-order valence-corrected chi connectivity index (χ4v) is 3.09. The van der Waals surface area contributed by atoms with Gasteiger partial charge in [-0.05, 0) is 61.3 Å². The molecule has 0 spiro atoms. The molecule has 2 saturated heterocycles. The molecule has 0 aromatic heterocycles. The maximum absolute atomic E-state index is 11.7. The number of carbonyl (C=O) groups excluding carboxylic acids is 2. The number of methoxy groups -OCH3 is 1. The van der Waals surface area contributed by atoms with E-state index >= 15 is 0 Å². The molecule has 2 rings (SSSR count). The van der Waals surface area contributed by atoms with E-state index in [0.29, 0.717) is 19.6 Å². The van der Waals surface area contributed by atoms with Crippen molar-refractivity contribution in [2.45, 2.75) is 84.7 Å². The summed E-state index contributed by atoms with van der Waals surface area (Å²) in [5, 5.41) is 9.41. The van der Waals surface area contributed by atoms with Crippen LogP contribution in [0, 0.1) is 13.3 Å². The zero-order valence-electron chi connectivity index (χ0n) is 21.4. The molecule has 0 saturated carbocycles. The van der Waals surface area contributed by atoms with Crippen LogP contribution >= 0.6 is 0 Å². The van der Waals surface area contributed by atoms with Crippen molar-refractivity contribution in [2.24, 2.45) is 5.92 Å². The van der Waals surface area contributed by atoms with E-state index in [2.05, 4.69) is 0 Å². The fourth-order valence-electron chi connectivity index (χ4n) is 3.09. The van der Waals surface area contributed by atoms with Gasteiger partial charge in [-0.15, -0.1) is 0 Å². The van der Waals surface area contributed by atoms with Crippen LogP contribution in [-0.2, 0) is 14.2 Å². The first-order valence-corrected chi connectivity index (χ1v) is 10.4. The van der Waals surface area contributed by atoms with E-state index in [-0.39, 0.29) is 77.8 Å². The number of hydrogen-bond acceptors (Lipinski definition) is 6. The van der Waals surface area contributed by atoms with E-state index in [9.17, 15) is 14.7 Å². The van der Waals surface area contributed by atoms with Gasteiger partial charge >= 0.3 is 35.2 Å². The van der Waals surface area contributed by atoms with Gasteiger partial charge in [0.15, 0.2) is 0 Å². The normalized spacial score (nSPS) is 21.2. The Bertz CT molecular complexity index is 552. The molecule has 32 heavy (non-hydrogen) atoms. The Kier molecular flexibility index (Phi) is 17.7. The Morgan fingerprint density at radius 1 is 0.906 bits per heavy atom. The predicted octanol–water partition coefficient (Wildman–Crippen LogP) is 0.340. The second-order valence-corrected chi connectivity index (χ2v) is 9.79. The number of rotatable bonds is 2. The molecule has 8 nitrogen and oxygen atoms in total. The van der Waals surface area contributed by atoms with Gasteiger partial charge in [0.25, 0.3) is 0 Å². The van der Waals surface area contributed by atoms with Gasteiger partial charge in [0.2, 0.25) is 0 Å². The van der Waals surface area contributed by atoms with Crippen LogP contribution < -0.4 is 17.0 Å². The number of halogens is 1. The van der Waals surface area contributed by atoms with Crippen molar-refractivity contribution in [2.75, 3.05) is 33.3 Å². The third-order valence-electron chi connectivity index (χ3n) is 4.69. The van der Waals surface area contributed by atoms with Crippen LogP contribution in [0.3, 0.4) is 0 Å². The van der Waals surface area contributed by atoms with Crippen LogP contribution in [0.15, 0.2) is 0 Å². The fraction of sp³-hybridized carbons (Fsp3) is 0.864. The molecule has 0 radical (unpaired) electrons. The van der Waals surface area contributed by atoms with Crippen molar-refractivity contribution in [3.05, 3.63) is 7.43 Å². The van der Waals surface area contributed by atoms with E-state index in [4.69, 9.17) is 14.2 Å². The van der Waals surface area contributed by atoms with Gasteiger partial charge in [0, 0.05) is 32.7 Å². The summed E-state index contributed by atoms with van der Waals surface area (Å²) < 4.78 is 15.7. The first-order valence-electron chi connectivity index (χ1n) is 10.4. The van der Waals surface area contributed by atoms with Crippen LogP contribution in [0.25, 0.3) is 0 Å². The molecule has 2 fully saturated rings. The van der Waals surface area contributed by atoms with Crippen LogP contribution in [0.2, 0.25) is 0 Å². The SMILES string of the molecule is CC(O)C1CCN(C(=O)OC(C)(C)C)C1.COC1CCN(C(=O)OC(C)(C)C)C1.[Br-].[CH3-].[Mg+2]. The van der Waals surface area contributed by atoms with Crippen molar-refractivity contribution < 1.29 is 45.9 Å². The van der Waals surface area contributed by atoms with E-state index in [1.807, 2.05) is 41.5 Å². The maximum atomic E-state index is 11.7. The third kappa shape index (κ3) is 14.1. The minimum absolute atomic E-state index is 0. The minimum atomic E-state index is -0.444. The number of nitrogens with zero attached hydrogens (tertiary/aromatic N) is 2. The third-order valence-corrected chi connectivity index (χ3v) is 4.69. The van der Waals surface area contributed by atoms with Gasteiger partial charge in [-0.1, -0.05) is 0 Å². The first-order chi connectivity index (χ1) is 13.2. The monoisotopic (exact) mass is 534 g/mol. The summed E-state index contributed by atoms with van der Waals surface area (Å²) in [6.45, 7) is 15.6. The Hall–Kier alpha value is -0.294. The Balaban J connectivity index is -0.000000481. The van der Waals surface area contributed by atoms with E-state index in [1.165, 1.54) is 0 Å². The Labute approximate surface area is 221 Å².